The van der Waals surface area contributed by atoms with E-state index in [2.05, 4.69) is 20.5 Å². The SMILES string of the molecule is COC(=O)c1ccccc1N=NNc1ccc(C(C)=O)cc1. The summed E-state index contributed by atoms with van der Waals surface area (Å²) in [6.45, 7) is 1.51. The van der Waals surface area contributed by atoms with E-state index in [4.69, 9.17) is 0 Å². The van der Waals surface area contributed by atoms with Crippen molar-refractivity contribution in [2.45, 2.75) is 6.92 Å². The summed E-state index contributed by atoms with van der Waals surface area (Å²) in [5.41, 5.74) is 4.79. The van der Waals surface area contributed by atoms with Gasteiger partial charge in [-0.2, -0.15) is 0 Å². The Hall–Kier alpha value is -3.02. The van der Waals surface area contributed by atoms with E-state index in [1.54, 1.807) is 48.5 Å². The summed E-state index contributed by atoms with van der Waals surface area (Å²) in [6.07, 6.45) is 0. The van der Waals surface area contributed by atoms with Crippen LogP contribution in [-0.4, -0.2) is 18.9 Å². The molecule has 1 N–H and O–H groups in total. The molecule has 0 unspecified atom stereocenters. The third-order valence-electron chi connectivity index (χ3n) is 2.94. The Morgan fingerprint density at radius 1 is 1.05 bits per heavy atom. The van der Waals surface area contributed by atoms with Gasteiger partial charge in [-0.3, -0.25) is 10.2 Å². The predicted molar refractivity (Wildman–Crippen MR) is 82.4 cm³/mol. The highest BCUT2D eigenvalue weighted by atomic mass is 16.5. The van der Waals surface area contributed by atoms with Gasteiger partial charge in [-0.1, -0.05) is 17.4 Å². The van der Waals surface area contributed by atoms with Gasteiger partial charge >= 0.3 is 5.97 Å². The highest BCUT2D eigenvalue weighted by Gasteiger charge is 2.10. The first-order chi connectivity index (χ1) is 10.6. The van der Waals surface area contributed by atoms with Gasteiger partial charge in [0, 0.05) is 5.56 Å². The third kappa shape index (κ3) is 3.76. The minimum absolute atomic E-state index is 0.000168. The zero-order valence-corrected chi connectivity index (χ0v) is 12.2. The Balaban J connectivity index is 2.10. The lowest BCUT2D eigenvalue weighted by molar-refractivity contribution is 0.0601. The molecule has 22 heavy (non-hydrogen) atoms. The molecule has 0 aliphatic heterocycles. The van der Waals surface area contributed by atoms with Crippen molar-refractivity contribution >= 4 is 23.1 Å². The summed E-state index contributed by atoms with van der Waals surface area (Å²) < 4.78 is 4.68. The van der Waals surface area contributed by atoms with Gasteiger partial charge in [-0.05, 0) is 43.3 Å². The van der Waals surface area contributed by atoms with E-state index in [-0.39, 0.29) is 5.78 Å². The quantitative estimate of drug-likeness (QED) is 0.394. The highest BCUT2D eigenvalue weighted by Crippen LogP contribution is 2.20. The number of Topliss-reactive ketones (excluding diaryl/α,β-unsaturated/α-hetero) is 1. The normalized spacial score (nSPS) is 10.5. The second-order valence-electron chi connectivity index (χ2n) is 4.45. The second-order valence-corrected chi connectivity index (χ2v) is 4.45. The Kier molecular flexibility index (Phi) is 4.98. The number of ether oxygens (including phenoxy) is 1. The first-order valence-corrected chi connectivity index (χ1v) is 6.57. The number of anilines is 1. The lowest BCUT2D eigenvalue weighted by atomic mass is 10.1. The Labute approximate surface area is 127 Å². The molecule has 6 heteroatoms. The average Bonchev–Trinajstić information content (AvgIpc) is 2.55. The van der Waals surface area contributed by atoms with Crippen LogP contribution in [0.15, 0.2) is 58.9 Å². The first-order valence-electron chi connectivity index (χ1n) is 6.57. The van der Waals surface area contributed by atoms with Crippen molar-refractivity contribution in [3.63, 3.8) is 0 Å². The molecule has 0 atom stereocenters. The second kappa shape index (κ2) is 7.12. The van der Waals surface area contributed by atoms with Crippen molar-refractivity contribution in [3.8, 4) is 0 Å². The van der Waals surface area contributed by atoms with Crippen LogP contribution < -0.4 is 5.43 Å². The summed E-state index contributed by atoms with van der Waals surface area (Å²) in [6, 6.07) is 13.6. The maximum Gasteiger partial charge on any atom is 0.340 e. The van der Waals surface area contributed by atoms with Crippen molar-refractivity contribution in [3.05, 3.63) is 59.7 Å². The van der Waals surface area contributed by atoms with Gasteiger partial charge in [-0.25, -0.2) is 4.79 Å². The molecule has 6 nitrogen and oxygen atoms in total. The van der Waals surface area contributed by atoms with Crippen LogP contribution in [0.2, 0.25) is 0 Å². The maximum atomic E-state index is 11.6. The maximum absolute atomic E-state index is 11.6. The molecule has 0 aliphatic rings. The van der Waals surface area contributed by atoms with E-state index in [1.165, 1.54) is 14.0 Å². The molecule has 0 bridgehead atoms. The zero-order chi connectivity index (χ0) is 15.9. The monoisotopic (exact) mass is 297 g/mol. The molecular weight excluding hydrogens is 282 g/mol. The largest absolute Gasteiger partial charge is 0.465 e. The summed E-state index contributed by atoms with van der Waals surface area (Å²) in [5.74, 6) is -0.472. The van der Waals surface area contributed by atoms with E-state index in [1.807, 2.05) is 0 Å². The van der Waals surface area contributed by atoms with Crippen LogP contribution in [0.4, 0.5) is 11.4 Å². The summed E-state index contributed by atoms with van der Waals surface area (Å²) in [5, 5.41) is 7.82. The van der Waals surface area contributed by atoms with Gasteiger partial charge < -0.3 is 4.74 Å². The van der Waals surface area contributed by atoms with E-state index < -0.39 is 5.97 Å². The highest BCUT2D eigenvalue weighted by molar-refractivity contribution is 5.95. The molecule has 0 saturated carbocycles. The number of benzene rings is 2. The third-order valence-corrected chi connectivity index (χ3v) is 2.94. The lowest BCUT2D eigenvalue weighted by Crippen LogP contribution is -2.01. The molecule has 0 aromatic heterocycles. The molecule has 0 radical (unpaired) electrons. The van der Waals surface area contributed by atoms with E-state index >= 15 is 0 Å². The van der Waals surface area contributed by atoms with E-state index in [0.29, 0.717) is 22.5 Å². The molecular formula is C16H15N3O3. The Morgan fingerprint density at radius 2 is 1.73 bits per heavy atom. The molecule has 0 aliphatic carbocycles. The van der Waals surface area contributed by atoms with Gasteiger partial charge in [0.15, 0.2) is 5.78 Å². The zero-order valence-electron chi connectivity index (χ0n) is 12.2. The van der Waals surface area contributed by atoms with Crippen LogP contribution in [0.25, 0.3) is 0 Å². The molecule has 2 aromatic rings. The number of methoxy groups -OCH3 is 1. The van der Waals surface area contributed by atoms with E-state index in [9.17, 15) is 9.59 Å². The number of hydrogen-bond donors (Lipinski definition) is 1. The topological polar surface area (TPSA) is 80.1 Å². The Bertz CT molecular complexity index is 709. The molecule has 0 spiro atoms. The predicted octanol–water partition coefficient (Wildman–Crippen LogP) is 3.79. The van der Waals surface area contributed by atoms with Crippen molar-refractivity contribution < 1.29 is 14.3 Å². The minimum atomic E-state index is -0.472. The van der Waals surface area contributed by atoms with Gasteiger partial charge in [0.05, 0.1) is 18.4 Å². The smallest absolute Gasteiger partial charge is 0.340 e. The first kappa shape index (κ1) is 15.4. The molecule has 2 rings (SSSR count). The number of carbonyl (C=O) groups is 2. The van der Waals surface area contributed by atoms with Gasteiger partial charge in [0.2, 0.25) is 0 Å². The molecule has 0 heterocycles. The molecule has 0 saturated heterocycles. The van der Waals surface area contributed by atoms with Crippen LogP contribution >= 0.6 is 0 Å². The number of nitrogens with zero attached hydrogens (tertiary/aromatic N) is 2. The number of esters is 1. The van der Waals surface area contributed by atoms with Crippen LogP contribution in [0.5, 0.6) is 0 Å². The van der Waals surface area contributed by atoms with Crippen LogP contribution in [0.3, 0.4) is 0 Å². The summed E-state index contributed by atoms with van der Waals surface area (Å²) in [4.78, 5) is 22.8. The standard InChI is InChI=1S/C16H15N3O3/c1-11(20)12-7-9-13(10-8-12)17-19-18-15-6-4-3-5-14(15)16(21)22-2/h3-10H,1-2H3,(H,17,18). The number of rotatable bonds is 5. The van der Waals surface area contributed by atoms with Gasteiger partial charge in [0.1, 0.15) is 5.69 Å². The summed E-state index contributed by atoms with van der Waals surface area (Å²) in [7, 11) is 1.31. The van der Waals surface area contributed by atoms with Crippen LogP contribution in [0.1, 0.15) is 27.6 Å². The molecule has 0 fully saturated rings. The minimum Gasteiger partial charge on any atom is -0.465 e. The summed E-state index contributed by atoms with van der Waals surface area (Å²) >= 11 is 0. The van der Waals surface area contributed by atoms with Crippen LogP contribution in [0, 0.1) is 0 Å². The van der Waals surface area contributed by atoms with Crippen LogP contribution in [-0.2, 0) is 4.74 Å². The van der Waals surface area contributed by atoms with Crippen molar-refractivity contribution in [2.24, 2.45) is 10.3 Å². The van der Waals surface area contributed by atoms with Gasteiger partial charge in [-0.15, -0.1) is 5.11 Å². The number of carbonyl (C=O) groups excluding carboxylic acids is 2. The average molecular weight is 297 g/mol. The van der Waals surface area contributed by atoms with E-state index in [0.717, 1.165) is 0 Å². The Morgan fingerprint density at radius 3 is 2.36 bits per heavy atom. The van der Waals surface area contributed by atoms with Crippen molar-refractivity contribution in [1.29, 1.82) is 0 Å². The number of ketones is 1. The number of hydrogen-bond acceptors (Lipinski definition) is 5. The van der Waals surface area contributed by atoms with Gasteiger partial charge in [0.25, 0.3) is 0 Å². The molecule has 2 aromatic carbocycles. The lowest BCUT2D eigenvalue weighted by Gasteiger charge is -2.03. The van der Waals surface area contributed by atoms with Crippen molar-refractivity contribution in [1.82, 2.24) is 0 Å². The number of nitrogens with one attached hydrogen (secondary N) is 1. The molecule has 0 amide bonds. The fourth-order valence-corrected chi connectivity index (χ4v) is 1.76. The molecule has 112 valence electrons. The van der Waals surface area contributed by atoms with Crippen molar-refractivity contribution in [2.75, 3.05) is 12.5 Å². The fraction of sp³-hybridized carbons (Fsp3) is 0.125. The fourth-order valence-electron chi connectivity index (χ4n) is 1.76.